The molecule has 162 valence electrons. The molecule has 0 unspecified atom stereocenters. The summed E-state index contributed by atoms with van der Waals surface area (Å²) in [7, 11) is 1.26. The molecule has 3 aromatic carbocycles. The van der Waals surface area contributed by atoms with Crippen LogP contribution in [0.3, 0.4) is 0 Å². The highest BCUT2D eigenvalue weighted by Gasteiger charge is 2.51. The van der Waals surface area contributed by atoms with E-state index < -0.39 is 23.4 Å². The van der Waals surface area contributed by atoms with Crippen LogP contribution >= 0.6 is 0 Å². The molecule has 1 heterocycles. The third-order valence-electron chi connectivity index (χ3n) is 5.52. The molecule has 0 aliphatic carbocycles. The molecule has 1 atom stereocenters. The number of anilines is 2. The number of carbonyl (C=O) groups excluding carboxylic acids is 3. The molecule has 4 rings (SSSR count). The Morgan fingerprint density at radius 1 is 1.00 bits per heavy atom. The standard InChI is InChI=1S/C25H22N2O5/c1-16-11-13-17(14-12-16)25(31)19-8-4-6-10-21(19)27(24(25)30)15-22(28)26-20-9-5-3-7-18(20)23(29)32-2/h3-14,31H,15H2,1-2H3,(H,26,28)/t25-/m1/s1. The molecule has 0 spiro atoms. The number of rotatable bonds is 5. The van der Waals surface area contributed by atoms with E-state index in [0.29, 0.717) is 16.8 Å². The number of amides is 2. The lowest BCUT2D eigenvalue weighted by atomic mass is 9.87. The monoisotopic (exact) mass is 430 g/mol. The van der Waals surface area contributed by atoms with Crippen molar-refractivity contribution in [2.45, 2.75) is 12.5 Å². The summed E-state index contributed by atoms with van der Waals surface area (Å²) in [6.45, 7) is 1.58. The molecule has 0 saturated carbocycles. The number of benzene rings is 3. The smallest absolute Gasteiger partial charge is 0.339 e. The van der Waals surface area contributed by atoms with Crippen LogP contribution in [0.5, 0.6) is 0 Å². The molecule has 1 aliphatic heterocycles. The zero-order chi connectivity index (χ0) is 22.9. The van der Waals surface area contributed by atoms with E-state index in [2.05, 4.69) is 5.32 Å². The number of nitrogens with zero attached hydrogens (tertiary/aromatic N) is 1. The zero-order valence-corrected chi connectivity index (χ0v) is 17.7. The SMILES string of the molecule is COC(=O)c1ccccc1NC(=O)CN1C(=O)[C@@](O)(c2ccc(C)cc2)c2ccccc21. The van der Waals surface area contributed by atoms with Gasteiger partial charge in [-0.25, -0.2) is 4.79 Å². The minimum Gasteiger partial charge on any atom is -0.465 e. The summed E-state index contributed by atoms with van der Waals surface area (Å²) in [6.07, 6.45) is 0. The number of hydrogen-bond acceptors (Lipinski definition) is 5. The molecule has 7 heteroatoms. The van der Waals surface area contributed by atoms with Crippen molar-refractivity contribution >= 4 is 29.2 Å². The summed E-state index contributed by atoms with van der Waals surface area (Å²) in [5.74, 6) is -1.71. The highest BCUT2D eigenvalue weighted by molar-refractivity contribution is 6.13. The molecule has 7 nitrogen and oxygen atoms in total. The van der Waals surface area contributed by atoms with Crippen molar-refractivity contribution < 1.29 is 24.2 Å². The number of carbonyl (C=O) groups is 3. The number of aliphatic hydroxyl groups is 1. The van der Waals surface area contributed by atoms with Crippen molar-refractivity contribution in [3.63, 3.8) is 0 Å². The van der Waals surface area contributed by atoms with E-state index in [-0.39, 0.29) is 17.8 Å². The van der Waals surface area contributed by atoms with Gasteiger partial charge in [-0.15, -0.1) is 0 Å². The quantitative estimate of drug-likeness (QED) is 0.607. The maximum absolute atomic E-state index is 13.4. The number of ether oxygens (including phenoxy) is 1. The molecule has 2 amide bonds. The van der Waals surface area contributed by atoms with Crippen molar-refractivity contribution in [2.75, 3.05) is 23.9 Å². The van der Waals surface area contributed by atoms with Crippen LogP contribution in [0, 0.1) is 6.92 Å². The Labute approximate surface area is 185 Å². The normalized spacial score (nSPS) is 17.1. The van der Waals surface area contributed by atoms with Crippen LogP contribution < -0.4 is 10.2 Å². The number of methoxy groups -OCH3 is 1. The van der Waals surface area contributed by atoms with Gasteiger partial charge in [0.2, 0.25) is 5.91 Å². The van der Waals surface area contributed by atoms with Crippen molar-refractivity contribution in [2.24, 2.45) is 0 Å². The lowest BCUT2D eigenvalue weighted by Crippen LogP contribution is -2.44. The van der Waals surface area contributed by atoms with E-state index in [0.717, 1.165) is 5.56 Å². The third-order valence-corrected chi connectivity index (χ3v) is 5.52. The van der Waals surface area contributed by atoms with Crippen molar-refractivity contribution in [1.82, 2.24) is 0 Å². The molecular weight excluding hydrogens is 408 g/mol. The fourth-order valence-electron chi connectivity index (χ4n) is 3.88. The number of esters is 1. The number of aryl methyl sites for hydroxylation is 1. The lowest BCUT2D eigenvalue weighted by molar-refractivity contribution is -0.133. The van der Waals surface area contributed by atoms with Crippen LogP contribution in [0.4, 0.5) is 11.4 Å². The second kappa shape index (κ2) is 8.28. The predicted octanol–water partition coefficient (Wildman–Crippen LogP) is 3.00. The van der Waals surface area contributed by atoms with Gasteiger partial charge in [0.15, 0.2) is 5.60 Å². The molecule has 0 radical (unpaired) electrons. The summed E-state index contributed by atoms with van der Waals surface area (Å²) in [4.78, 5) is 39.5. The zero-order valence-electron chi connectivity index (χ0n) is 17.7. The van der Waals surface area contributed by atoms with E-state index in [1.165, 1.54) is 18.1 Å². The van der Waals surface area contributed by atoms with Crippen molar-refractivity contribution in [3.05, 3.63) is 95.1 Å². The van der Waals surface area contributed by atoms with Gasteiger partial charge in [0.05, 0.1) is 24.0 Å². The van der Waals surface area contributed by atoms with Gasteiger partial charge in [0, 0.05) is 5.56 Å². The maximum Gasteiger partial charge on any atom is 0.339 e. The van der Waals surface area contributed by atoms with Crippen LogP contribution in [0.1, 0.15) is 27.0 Å². The van der Waals surface area contributed by atoms with E-state index in [9.17, 15) is 19.5 Å². The Balaban J connectivity index is 1.64. The molecule has 1 aliphatic rings. The van der Waals surface area contributed by atoms with Crippen LogP contribution in [-0.2, 0) is 19.9 Å². The van der Waals surface area contributed by atoms with E-state index in [4.69, 9.17) is 4.74 Å². The number of hydrogen-bond donors (Lipinski definition) is 2. The first kappa shape index (κ1) is 21.3. The van der Waals surface area contributed by atoms with Gasteiger partial charge in [-0.3, -0.25) is 14.5 Å². The fraction of sp³-hybridized carbons (Fsp3) is 0.160. The summed E-state index contributed by atoms with van der Waals surface area (Å²) < 4.78 is 4.75. The van der Waals surface area contributed by atoms with Gasteiger partial charge in [-0.05, 0) is 30.7 Å². The van der Waals surface area contributed by atoms with Gasteiger partial charge in [-0.2, -0.15) is 0 Å². The second-order valence-electron chi connectivity index (χ2n) is 7.57. The van der Waals surface area contributed by atoms with Crippen LogP contribution in [-0.4, -0.2) is 36.5 Å². The van der Waals surface area contributed by atoms with Gasteiger partial charge in [0.25, 0.3) is 5.91 Å². The second-order valence-corrected chi connectivity index (χ2v) is 7.57. The van der Waals surface area contributed by atoms with Gasteiger partial charge in [-0.1, -0.05) is 60.2 Å². The fourth-order valence-corrected chi connectivity index (χ4v) is 3.88. The molecular formula is C25H22N2O5. The first-order valence-corrected chi connectivity index (χ1v) is 10.0. The van der Waals surface area contributed by atoms with Gasteiger partial charge >= 0.3 is 5.97 Å². The molecule has 2 N–H and O–H groups in total. The molecule has 0 fully saturated rings. The topological polar surface area (TPSA) is 95.9 Å². The van der Waals surface area contributed by atoms with Crippen LogP contribution in [0.25, 0.3) is 0 Å². The predicted molar refractivity (Wildman–Crippen MR) is 119 cm³/mol. The molecule has 0 saturated heterocycles. The van der Waals surface area contributed by atoms with Gasteiger partial charge < -0.3 is 15.2 Å². The summed E-state index contributed by atoms with van der Waals surface area (Å²) in [5.41, 5.74) is 0.879. The van der Waals surface area contributed by atoms with E-state index in [1.54, 1.807) is 54.6 Å². The molecule has 32 heavy (non-hydrogen) atoms. The van der Waals surface area contributed by atoms with E-state index in [1.807, 2.05) is 19.1 Å². The minimum absolute atomic E-state index is 0.202. The molecule has 3 aromatic rings. The first-order valence-electron chi connectivity index (χ1n) is 10.0. The first-order chi connectivity index (χ1) is 15.4. The number of para-hydroxylation sites is 2. The van der Waals surface area contributed by atoms with Crippen LogP contribution in [0.2, 0.25) is 0 Å². The van der Waals surface area contributed by atoms with Crippen LogP contribution in [0.15, 0.2) is 72.8 Å². The minimum atomic E-state index is -1.89. The van der Waals surface area contributed by atoms with Crippen molar-refractivity contribution in [1.29, 1.82) is 0 Å². The highest BCUT2D eigenvalue weighted by atomic mass is 16.5. The Kier molecular flexibility index (Phi) is 5.50. The average Bonchev–Trinajstić information content (AvgIpc) is 3.02. The number of fused-ring (bicyclic) bond motifs is 1. The average molecular weight is 430 g/mol. The maximum atomic E-state index is 13.4. The lowest BCUT2D eigenvalue weighted by Gasteiger charge is -2.23. The number of nitrogens with one attached hydrogen (secondary N) is 1. The summed E-state index contributed by atoms with van der Waals surface area (Å²) >= 11 is 0. The summed E-state index contributed by atoms with van der Waals surface area (Å²) in [5, 5.41) is 14.2. The molecule has 0 aromatic heterocycles. The third kappa shape index (κ3) is 3.52. The largest absolute Gasteiger partial charge is 0.465 e. The Bertz CT molecular complexity index is 1200. The Morgan fingerprint density at radius 3 is 2.38 bits per heavy atom. The van der Waals surface area contributed by atoms with E-state index >= 15 is 0 Å². The Hall–Kier alpha value is -3.97. The molecule has 0 bridgehead atoms. The van der Waals surface area contributed by atoms with Crippen molar-refractivity contribution in [3.8, 4) is 0 Å². The Morgan fingerprint density at radius 2 is 1.66 bits per heavy atom. The summed E-state index contributed by atoms with van der Waals surface area (Å²) in [6, 6.07) is 20.3. The van der Waals surface area contributed by atoms with Gasteiger partial charge in [0.1, 0.15) is 6.54 Å². The highest BCUT2D eigenvalue weighted by Crippen LogP contribution is 2.44.